The second kappa shape index (κ2) is 8.73. The number of H-pyrrole nitrogens is 1. The molecule has 0 radical (unpaired) electrons. The Hall–Kier alpha value is -3.87. The minimum atomic E-state index is -0.262. The molecule has 6 rings (SSSR count). The Bertz CT molecular complexity index is 1360. The van der Waals surface area contributed by atoms with Gasteiger partial charge < -0.3 is 19.4 Å². The molecule has 0 aliphatic carbocycles. The van der Waals surface area contributed by atoms with Crippen molar-refractivity contribution in [3.8, 4) is 5.69 Å². The van der Waals surface area contributed by atoms with Crippen molar-refractivity contribution >= 4 is 22.7 Å². The predicted octanol–water partition coefficient (Wildman–Crippen LogP) is 4.72. The van der Waals surface area contributed by atoms with E-state index in [9.17, 15) is 14.0 Å². The third kappa shape index (κ3) is 4.01. The number of hydrogen-bond donors (Lipinski definition) is 1. The van der Waals surface area contributed by atoms with Crippen molar-refractivity contribution < 1.29 is 14.0 Å². The summed E-state index contributed by atoms with van der Waals surface area (Å²) in [7, 11) is 0. The van der Waals surface area contributed by atoms with Gasteiger partial charge in [-0.25, -0.2) is 4.39 Å². The van der Waals surface area contributed by atoms with Gasteiger partial charge in [0.1, 0.15) is 11.5 Å². The van der Waals surface area contributed by atoms with E-state index in [1.54, 1.807) is 18.3 Å². The molecule has 35 heavy (non-hydrogen) atoms. The number of likely N-dealkylation sites (tertiary alicyclic amines) is 2. The van der Waals surface area contributed by atoms with Crippen molar-refractivity contribution in [3.05, 3.63) is 90.1 Å². The van der Waals surface area contributed by atoms with Crippen LogP contribution in [0.25, 0.3) is 16.6 Å². The summed E-state index contributed by atoms with van der Waals surface area (Å²) >= 11 is 0. The van der Waals surface area contributed by atoms with Gasteiger partial charge in [-0.1, -0.05) is 0 Å². The van der Waals surface area contributed by atoms with E-state index in [2.05, 4.69) is 4.98 Å². The van der Waals surface area contributed by atoms with Crippen LogP contribution in [-0.2, 0) is 0 Å². The average molecular weight is 471 g/mol. The number of benzene rings is 2. The van der Waals surface area contributed by atoms with Gasteiger partial charge in [-0.2, -0.15) is 0 Å². The maximum absolute atomic E-state index is 13.3. The number of carbonyl (C=O) groups is 2. The van der Waals surface area contributed by atoms with Gasteiger partial charge in [0.05, 0.1) is 5.52 Å². The summed E-state index contributed by atoms with van der Waals surface area (Å²) in [4.78, 5) is 32.5. The number of aromatic nitrogens is 2. The van der Waals surface area contributed by atoms with Crippen molar-refractivity contribution in [3.63, 3.8) is 0 Å². The topological polar surface area (TPSA) is 61.3 Å². The number of amides is 2. The maximum atomic E-state index is 13.3. The zero-order valence-corrected chi connectivity index (χ0v) is 19.4. The molecule has 7 heteroatoms. The second-order valence-corrected chi connectivity index (χ2v) is 9.62. The van der Waals surface area contributed by atoms with E-state index in [0.29, 0.717) is 23.1 Å². The number of aromatic amines is 1. The van der Waals surface area contributed by atoms with E-state index in [0.717, 1.165) is 55.6 Å². The van der Waals surface area contributed by atoms with Crippen molar-refractivity contribution in [2.45, 2.75) is 12.8 Å². The van der Waals surface area contributed by atoms with Crippen LogP contribution < -0.4 is 0 Å². The van der Waals surface area contributed by atoms with E-state index in [1.165, 1.54) is 12.1 Å². The molecule has 6 nitrogen and oxygen atoms in total. The highest BCUT2D eigenvalue weighted by Crippen LogP contribution is 2.33. The third-order valence-electron chi connectivity index (χ3n) is 7.56. The molecule has 2 amide bonds. The molecule has 4 heterocycles. The summed E-state index contributed by atoms with van der Waals surface area (Å²) in [6.45, 7) is 3.11. The number of rotatable bonds is 4. The van der Waals surface area contributed by atoms with Gasteiger partial charge in [-0.3, -0.25) is 9.59 Å². The summed E-state index contributed by atoms with van der Waals surface area (Å²) in [5.41, 5.74) is 3.20. The molecule has 2 aliphatic heterocycles. The van der Waals surface area contributed by atoms with Crippen molar-refractivity contribution in [1.82, 2.24) is 19.4 Å². The van der Waals surface area contributed by atoms with Gasteiger partial charge >= 0.3 is 0 Å². The van der Waals surface area contributed by atoms with Crippen LogP contribution >= 0.6 is 0 Å². The number of carbonyl (C=O) groups excluding carboxylic acids is 2. The number of halogens is 1. The Morgan fingerprint density at radius 2 is 1.63 bits per heavy atom. The predicted molar refractivity (Wildman–Crippen MR) is 132 cm³/mol. The molecule has 0 spiro atoms. The Morgan fingerprint density at radius 3 is 2.34 bits per heavy atom. The summed E-state index contributed by atoms with van der Waals surface area (Å²) in [6, 6.07) is 17.8. The lowest BCUT2D eigenvalue weighted by molar-refractivity contribution is 0.0227. The monoisotopic (exact) mass is 470 g/mol. The van der Waals surface area contributed by atoms with Gasteiger partial charge in [0, 0.05) is 55.2 Å². The molecule has 0 atom stereocenters. The third-order valence-corrected chi connectivity index (χ3v) is 7.56. The fraction of sp³-hybridized carbons (Fsp3) is 0.286. The fourth-order valence-corrected chi connectivity index (χ4v) is 5.47. The van der Waals surface area contributed by atoms with E-state index in [-0.39, 0.29) is 17.6 Å². The van der Waals surface area contributed by atoms with Crippen LogP contribution in [0.4, 0.5) is 4.39 Å². The van der Waals surface area contributed by atoms with Crippen molar-refractivity contribution in [2.24, 2.45) is 11.8 Å². The van der Waals surface area contributed by atoms with Gasteiger partial charge in [-0.05, 0) is 85.3 Å². The Labute approximate surface area is 203 Å². The number of piperidine rings is 1. The molecule has 4 aromatic rings. The zero-order valence-electron chi connectivity index (χ0n) is 19.4. The van der Waals surface area contributed by atoms with E-state index in [1.807, 2.05) is 57.0 Å². The van der Waals surface area contributed by atoms with Gasteiger partial charge in [0.15, 0.2) is 0 Å². The van der Waals surface area contributed by atoms with Crippen LogP contribution in [0.2, 0.25) is 0 Å². The maximum Gasteiger partial charge on any atom is 0.270 e. The summed E-state index contributed by atoms with van der Waals surface area (Å²) in [6.07, 6.45) is 5.70. The largest absolute Gasteiger partial charge is 0.357 e. The second-order valence-electron chi connectivity index (χ2n) is 9.62. The number of nitrogens with zero attached hydrogens (tertiary/aromatic N) is 3. The molecular formula is C28H27FN4O2. The SMILES string of the molecule is O=C(c1ccc2c(ccn2-c2ccc(F)cc2)c1)N1CC(C2CCN(C(=O)c3ccc[nH]3)CC2)C1. The molecule has 2 aliphatic rings. The minimum absolute atomic E-state index is 0.0667. The minimum Gasteiger partial charge on any atom is -0.357 e. The molecule has 0 bridgehead atoms. The van der Waals surface area contributed by atoms with Gasteiger partial charge in [-0.15, -0.1) is 0 Å². The fourth-order valence-electron chi connectivity index (χ4n) is 5.47. The number of fused-ring (bicyclic) bond motifs is 1. The molecule has 0 saturated carbocycles. The first-order chi connectivity index (χ1) is 17.1. The first kappa shape index (κ1) is 21.6. The normalized spacial score (nSPS) is 17.1. The smallest absolute Gasteiger partial charge is 0.270 e. The van der Waals surface area contributed by atoms with Crippen molar-refractivity contribution in [2.75, 3.05) is 26.2 Å². The van der Waals surface area contributed by atoms with Crippen LogP contribution in [0, 0.1) is 17.7 Å². The van der Waals surface area contributed by atoms with E-state index < -0.39 is 0 Å². The summed E-state index contributed by atoms with van der Waals surface area (Å²) in [5, 5.41) is 0.983. The standard InChI is InChI=1S/C28H27FN4O2/c29-23-4-6-24(7-5-23)33-15-11-20-16-21(3-8-26(20)33)27(34)32-17-22(18-32)19-9-13-31(14-10-19)28(35)25-2-1-12-30-25/h1-8,11-12,15-16,19,22,30H,9-10,13-14,17-18H2. The quantitative estimate of drug-likeness (QED) is 0.469. The molecule has 0 unspecified atom stereocenters. The van der Waals surface area contributed by atoms with Crippen molar-refractivity contribution in [1.29, 1.82) is 0 Å². The van der Waals surface area contributed by atoms with Crippen LogP contribution in [0.3, 0.4) is 0 Å². The van der Waals surface area contributed by atoms with Crippen LogP contribution in [-0.4, -0.2) is 57.3 Å². The average Bonchev–Trinajstić information content (AvgIpc) is 3.54. The number of nitrogens with one attached hydrogen (secondary N) is 1. The highest BCUT2D eigenvalue weighted by Gasteiger charge is 2.38. The van der Waals surface area contributed by atoms with Crippen LogP contribution in [0.15, 0.2) is 73.1 Å². The Kier molecular flexibility index (Phi) is 5.40. The van der Waals surface area contributed by atoms with Crippen LogP contribution in [0.1, 0.15) is 33.7 Å². The Morgan fingerprint density at radius 1 is 0.857 bits per heavy atom. The summed E-state index contributed by atoms with van der Waals surface area (Å²) in [5.74, 6) is 0.935. The molecule has 1 N–H and O–H groups in total. The molecule has 2 aromatic heterocycles. The first-order valence-electron chi connectivity index (χ1n) is 12.2. The van der Waals surface area contributed by atoms with Crippen LogP contribution in [0.5, 0.6) is 0 Å². The number of hydrogen-bond acceptors (Lipinski definition) is 2. The highest BCUT2D eigenvalue weighted by molar-refractivity contribution is 5.99. The molecule has 2 fully saturated rings. The summed E-state index contributed by atoms with van der Waals surface area (Å²) < 4.78 is 15.3. The lowest BCUT2D eigenvalue weighted by Crippen LogP contribution is -2.54. The molecule has 2 aromatic carbocycles. The Balaban J connectivity index is 1.06. The van der Waals surface area contributed by atoms with E-state index >= 15 is 0 Å². The van der Waals surface area contributed by atoms with Gasteiger partial charge in [0.2, 0.25) is 0 Å². The highest BCUT2D eigenvalue weighted by atomic mass is 19.1. The molecule has 2 saturated heterocycles. The molecular weight excluding hydrogens is 443 g/mol. The lowest BCUT2D eigenvalue weighted by Gasteiger charge is -2.46. The van der Waals surface area contributed by atoms with Gasteiger partial charge in [0.25, 0.3) is 11.8 Å². The zero-order chi connectivity index (χ0) is 23.9. The molecule has 178 valence electrons. The lowest BCUT2D eigenvalue weighted by atomic mass is 9.79. The first-order valence-corrected chi connectivity index (χ1v) is 12.2. The van der Waals surface area contributed by atoms with E-state index in [4.69, 9.17) is 0 Å².